The molecule has 1 aromatic carbocycles. The monoisotopic (exact) mass is 393 g/mol. The van der Waals surface area contributed by atoms with Gasteiger partial charge in [0.2, 0.25) is 0 Å². The van der Waals surface area contributed by atoms with E-state index in [2.05, 4.69) is 68.3 Å². The molecular formula is C20H19N5S2. The van der Waals surface area contributed by atoms with Crippen LogP contribution in [0, 0.1) is 5.92 Å². The van der Waals surface area contributed by atoms with Gasteiger partial charge in [-0.3, -0.25) is 0 Å². The third-order valence-corrected chi connectivity index (χ3v) is 6.79. The van der Waals surface area contributed by atoms with E-state index < -0.39 is 0 Å². The number of thioether (sulfide) groups is 1. The van der Waals surface area contributed by atoms with E-state index in [-0.39, 0.29) is 0 Å². The van der Waals surface area contributed by atoms with Gasteiger partial charge in [-0.25, -0.2) is 0 Å². The summed E-state index contributed by atoms with van der Waals surface area (Å²) in [6, 6.07) is 16.8. The molecule has 1 aliphatic heterocycles. The van der Waals surface area contributed by atoms with Crippen LogP contribution in [0.3, 0.4) is 0 Å². The molecule has 7 heteroatoms. The molecule has 1 aliphatic rings. The van der Waals surface area contributed by atoms with E-state index in [1.807, 2.05) is 22.3 Å². The van der Waals surface area contributed by atoms with Gasteiger partial charge in [0.1, 0.15) is 5.82 Å². The van der Waals surface area contributed by atoms with Crippen molar-refractivity contribution in [1.82, 2.24) is 19.8 Å². The lowest BCUT2D eigenvalue weighted by Gasteiger charge is -2.17. The summed E-state index contributed by atoms with van der Waals surface area (Å²) in [5, 5.41) is 17.5. The van der Waals surface area contributed by atoms with Gasteiger partial charge in [-0.05, 0) is 48.1 Å². The molecule has 0 saturated carbocycles. The largest absolute Gasteiger partial charge is 0.355 e. The first kappa shape index (κ1) is 16.8. The summed E-state index contributed by atoms with van der Waals surface area (Å²) in [4.78, 5) is 3.73. The summed E-state index contributed by atoms with van der Waals surface area (Å²) < 4.78 is 1.86. The number of nitrogens with zero attached hydrogens (tertiary/aromatic N) is 5. The van der Waals surface area contributed by atoms with Gasteiger partial charge in [-0.2, -0.15) is 15.9 Å². The molecule has 3 aromatic heterocycles. The van der Waals surface area contributed by atoms with Crippen LogP contribution < -0.4 is 4.90 Å². The number of thiophene rings is 1. The highest BCUT2D eigenvalue weighted by molar-refractivity contribution is 7.99. The second-order valence-electron chi connectivity index (χ2n) is 6.72. The summed E-state index contributed by atoms with van der Waals surface area (Å²) >= 11 is 3.61. The SMILES string of the molecule is c1ccc(SCC2CCN(c3ccc4nnc(-c5ccsc5)n4n3)C2)cc1. The highest BCUT2D eigenvalue weighted by atomic mass is 32.2. The highest BCUT2D eigenvalue weighted by Gasteiger charge is 2.24. The number of anilines is 1. The summed E-state index contributed by atoms with van der Waals surface area (Å²) in [5.74, 6) is 3.65. The van der Waals surface area contributed by atoms with Crippen molar-refractivity contribution >= 4 is 34.6 Å². The second-order valence-corrected chi connectivity index (χ2v) is 8.60. The van der Waals surface area contributed by atoms with E-state index in [0.29, 0.717) is 5.92 Å². The lowest BCUT2D eigenvalue weighted by Crippen LogP contribution is -2.22. The topological polar surface area (TPSA) is 46.3 Å². The number of benzene rings is 1. The average molecular weight is 394 g/mol. The molecule has 136 valence electrons. The fourth-order valence-corrected chi connectivity index (χ4v) is 5.11. The molecule has 1 unspecified atom stereocenters. The Bertz CT molecular complexity index is 1030. The summed E-state index contributed by atoms with van der Waals surface area (Å²) in [7, 11) is 0. The minimum atomic E-state index is 0.685. The molecule has 0 aliphatic carbocycles. The molecule has 1 fully saturated rings. The third-order valence-electron chi connectivity index (χ3n) is 4.87. The van der Waals surface area contributed by atoms with Crippen LogP contribution >= 0.6 is 23.1 Å². The van der Waals surface area contributed by atoms with Crippen LogP contribution in [0.1, 0.15) is 6.42 Å². The van der Waals surface area contributed by atoms with Crippen LogP contribution in [-0.2, 0) is 0 Å². The standard InChI is InChI=1S/C20H19N5S2/c1-2-4-17(5-3-1)27-13-15-8-10-24(12-15)19-7-6-18-21-22-20(25(18)23-19)16-9-11-26-14-16/h1-7,9,11,14-15H,8,10,12-13H2. The van der Waals surface area contributed by atoms with Crippen molar-refractivity contribution in [3.8, 4) is 11.4 Å². The zero-order valence-electron chi connectivity index (χ0n) is 14.7. The van der Waals surface area contributed by atoms with Crippen LogP contribution in [0.25, 0.3) is 17.0 Å². The first-order valence-electron chi connectivity index (χ1n) is 9.05. The smallest absolute Gasteiger partial charge is 0.186 e. The predicted octanol–water partition coefficient (Wildman–Crippen LogP) is 4.47. The van der Waals surface area contributed by atoms with Gasteiger partial charge in [0.15, 0.2) is 11.5 Å². The normalized spacial score (nSPS) is 17.0. The molecule has 4 aromatic rings. The highest BCUT2D eigenvalue weighted by Crippen LogP contribution is 2.29. The molecule has 0 N–H and O–H groups in total. The van der Waals surface area contributed by atoms with Gasteiger partial charge in [-0.1, -0.05) is 18.2 Å². The number of hydrogen-bond donors (Lipinski definition) is 0. The minimum Gasteiger partial charge on any atom is -0.355 e. The van der Waals surface area contributed by atoms with E-state index in [4.69, 9.17) is 5.10 Å². The number of fused-ring (bicyclic) bond motifs is 1. The van der Waals surface area contributed by atoms with E-state index in [0.717, 1.165) is 41.7 Å². The Morgan fingerprint density at radius 2 is 2.00 bits per heavy atom. The number of aromatic nitrogens is 4. The fraction of sp³-hybridized carbons (Fsp3) is 0.250. The maximum atomic E-state index is 4.84. The quantitative estimate of drug-likeness (QED) is 0.468. The first-order chi connectivity index (χ1) is 13.4. The zero-order valence-corrected chi connectivity index (χ0v) is 16.4. The average Bonchev–Trinajstić information content (AvgIpc) is 3.46. The molecule has 1 atom stereocenters. The Kier molecular flexibility index (Phi) is 4.55. The Morgan fingerprint density at radius 3 is 2.85 bits per heavy atom. The molecule has 1 saturated heterocycles. The van der Waals surface area contributed by atoms with Crippen molar-refractivity contribution in [2.45, 2.75) is 11.3 Å². The minimum absolute atomic E-state index is 0.685. The van der Waals surface area contributed by atoms with E-state index >= 15 is 0 Å². The van der Waals surface area contributed by atoms with Crippen molar-refractivity contribution in [3.05, 3.63) is 59.3 Å². The van der Waals surface area contributed by atoms with Crippen molar-refractivity contribution in [3.63, 3.8) is 0 Å². The van der Waals surface area contributed by atoms with Crippen LogP contribution in [-0.4, -0.2) is 38.7 Å². The van der Waals surface area contributed by atoms with E-state index in [1.54, 1.807) is 11.3 Å². The van der Waals surface area contributed by atoms with Gasteiger partial charge in [0.05, 0.1) is 0 Å². The molecule has 0 spiro atoms. The van der Waals surface area contributed by atoms with E-state index in [9.17, 15) is 0 Å². The van der Waals surface area contributed by atoms with Crippen LogP contribution in [0.2, 0.25) is 0 Å². The van der Waals surface area contributed by atoms with Crippen molar-refractivity contribution in [1.29, 1.82) is 0 Å². The molecule has 27 heavy (non-hydrogen) atoms. The maximum Gasteiger partial charge on any atom is 0.186 e. The van der Waals surface area contributed by atoms with Gasteiger partial charge < -0.3 is 4.90 Å². The molecule has 0 bridgehead atoms. The van der Waals surface area contributed by atoms with Crippen LogP contribution in [0.4, 0.5) is 5.82 Å². The van der Waals surface area contributed by atoms with Gasteiger partial charge in [0.25, 0.3) is 0 Å². The molecule has 5 rings (SSSR count). The Morgan fingerprint density at radius 1 is 1.07 bits per heavy atom. The van der Waals surface area contributed by atoms with Gasteiger partial charge in [-0.15, -0.1) is 27.1 Å². The van der Waals surface area contributed by atoms with E-state index in [1.165, 1.54) is 11.3 Å². The molecule has 5 nitrogen and oxygen atoms in total. The zero-order chi connectivity index (χ0) is 18.1. The Balaban J connectivity index is 1.31. The molecular weight excluding hydrogens is 374 g/mol. The number of hydrogen-bond acceptors (Lipinski definition) is 6. The predicted molar refractivity (Wildman–Crippen MR) is 112 cm³/mol. The van der Waals surface area contributed by atoms with Crippen molar-refractivity contribution in [2.24, 2.45) is 5.92 Å². The molecule has 4 heterocycles. The molecule has 0 amide bonds. The summed E-state index contributed by atoms with van der Waals surface area (Å²) in [6.45, 7) is 2.10. The fourth-order valence-electron chi connectivity index (χ4n) is 3.43. The van der Waals surface area contributed by atoms with Gasteiger partial charge in [0, 0.05) is 34.7 Å². The number of rotatable bonds is 5. The third kappa shape index (κ3) is 3.44. The molecule has 0 radical (unpaired) electrons. The van der Waals surface area contributed by atoms with Gasteiger partial charge >= 0.3 is 0 Å². The van der Waals surface area contributed by atoms with Crippen molar-refractivity contribution in [2.75, 3.05) is 23.7 Å². The van der Waals surface area contributed by atoms with Crippen LogP contribution in [0.15, 0.2) is 64.2 Å². The second kappa shape index (κ2) is 7.32. The Labute approximate surface area is 166 Å². The van der Waals surface area contributed by atoms with Crippen molar-refractivity contribution < 1.29 is 0 Å². The lowest BCUT2D eigenvalue weighted by atomic mass is 10.2. The summed E-state index contributed by atoms with van der Waals surface area (Å²) in [6.07, 6.45) is 1.21. The maximum absolute atomic E-state index is 4.84. The lowest BCUT2D eigenvalue weighted by molar-refractivity contribution is 0.670. The first-order valence-corrected chi connectivity index (χ1v) is 11.0. The van der Waals surface area contributed by atoms with Crippen LogP contribution in [0.5, 0.6) is 0 Å². The summed E-state index contributed by atoms with van der Waals surface area (Å²) in [5.41, 5.74) is 1.85. The Hall–Kier alpha value is -2.38.